The quantitative estimate of drug-likeness (QED) is 0.520. The van der Waals surface area contributed by atoms with Crippen molar-refractivity contribution >= 4 is 11.7 Å². The Morgan fingerprint density at radius 1 is 1.21 bits per heavy atom. The highest BCUT2D eigenvalue weighted by Crippen LogP contribution is 2.39. The fraction of sp³-hybridized carbons (Fsp3) is 0.292. The van der Waals surface area contributed by atoms with Crippen LogP contribution in [0.4, 0.5) is 19.0 Å². The van der Waals surface area contributed by atoms with Crippen molar-refractivity contribution in [3.63, 3.8) is 0 Å². The van der Waals surface area contributed by atoms with Gasteiger partial charge in [-0.25, -0.2) is 4.68 Å². The second kappa shape index (κ2) is 9.87. The number of hydrogen-bond acceptors (Lipinski definition) is 5. The molecule has 2 aromatic carbocycles. The van der Waals surface area contributed by atoms with Crippen LogP contribution in [0.15, 0.2) is 48.5 Å². The molecule has 10 heteroatoms. The maximum Gasteiger partial charge on any atom is 0.411 e. The van der Waals surface area contributed by atoms with Crippen molar-refractivity contribution < 1.29 is 22.7 Å². The highest BCUT2D eigenvalue weighted by atomic mass is 19.4. The first-order chi connectivity index (χ1) is 16.1. The summed E-state index contributed by atoms with van der Waals surface area (Å²) < 4.78 is 46.7. The Labute approximate surface area is 194 Å². The summed E-state index contributed by atoms with van der Waals surface area (Å²) in [5, 5.41) is 16.4. The van der Waals surface area contributed by atoms with E-state index >= 15 is 0 Å². The second-order valence-electron chi connectivity index (χ2n) is 7.98. The van der Waals surface area contributed by atoms with Crippen molar-refractivity contribution in [2.75, 3.05) is 12.8 Å². The molecule has 0 aliphatic heterocycles. The number of methoxy groups -OCH3 is 1. The maximum absolute atomic E-state index is 13.6. The molecule has 178 valence electrons. The molecule has 34 heavy (non-hydrogen) atoms. The van der Waals surface area contributed by atoms with Gasteiger partial charge in [-0.1, -0.05) is 50.2 Å². The molecule has 0 radical (unpaired) electrons. The molecule has 0 spiro atoms. The van der Waals surface area contributed by atoms with Gasteiger partial charge >= 0.3 is 6.18 Å². The third-order valence-corrected chi connectivity index (χ3v) is 5.32. The molecule has 1 atom stereocenters. The van der Waals surface area contributed by atoms with Crippen LogP contribution in [0.2, 0.25) is 0 Å². The first kappa shape index (κ1) is 24.6. The molecule has 0 saturated heterocycles. The average molecular weight is 471 g/mol. The van der Waals surface area contributed by atoms with Crippen LogP contribution in [0.5, 0.6) is 5.75 Å². The van der Waals surface area contributed by atoms with E-state index in [1.807, 2.05) is 6.07 Å². The van der Waals surface area contributed by atoms with E-state index in [1.54, 1.807) is 48.5 Å². The summed E-state index contributed by atoms with van der Waals surface area (Å²) in [6.45, 7) is 3.04. The smallest absolute Gasteiger partial charge is 0.411 e. The standard InChI is InChI=1S/C24H24F3N5O2/c1-14(2)21(24(25,26)27)32-22(29)18(12-28)20(31-32)16-10-8-15(9-11-16)13-30-23(33)17-6-4-5-7-19(17)34-3/h4-11,14,21H,13,29H2,1-3H3,(H,30,33). The number of carbonyl (C=O) groups excluding carboxylic acids is 1. The zero-order valence-electron chi connectivity index (χ0n) is 18.8. The van der Waals surface area contributed by atoms with Crippen LogP contribution in [-0.2, 0) is 6.54 Å². The van der Waals surface area contributed by atoms with Gasteiger partial charge in [-0.2, -0.15) is 23.5 Å². The normalized spacial score (nSPS) is 12.3. The van der Waals surface area contributed by atoms with Gasteiger partial charge in [-0.05, 0) is 23.6 Å². The Morgan fingerprint density at radius 2 is 1.85 bits per heavy atom. The number of amides is 1. The number of alkyl halides is 3. The summed E-state index contributed by atoms with van der Waals surface area (Å²) >= 11 is 0. The fourth-order valence-electron chi connectivity index (χ4n) is 3.66. The van der Waals surface area contributed by atoms with Crippen LogP contribution < -0.4 is 15.8 Å². The molecule has 3 rings (SSSR count). The van der Waals surface area contributed by atoms with Gasteiger partial charge < -0.3 is 15.8 Å². The number of halogens is 3. The Kier molecular flexibility index (Phi) is 7.15. The molecule has 1 amide bonds. The second-order valence-corrected chi connectivity index (χ2v) is 7.98. The van der Waals surface area contributed by atoms with Crippen molar-refractivity contribution in [3.05, 3.63) is 65.2 Å². The van der Waals surface area contributed by atoms with E-state index in [-0.39, 0.29) is 29.5 Å². The third kappa shape index (κ3) is 4.98. The van der Waals surface area contributed by atoms with E-state index in [9.17, 15) is 23.2 Å². The first-order valence-corrected chi connectivity index (χ1v) is 10.4. The van der Waals surface area contributed by atoms with Gasteiger partial charge in [0.1, 0.15) is 28.9 Å². The van der Waals surface area contributed by atoms with Crippen LogP contribution >= 0.6 is 0 Å². The van der Waals surface area contributed by atoms with Gasteiger partial charge in [0, 0.05) is 12.1 Å². The van der Waals surface area contributed by atoms with Gasteiger partial charge in [0.15, 0.2) is 6.04 Å². The minimum Gasteiger partial charge on any atom is -0.496 e. The number of ether oxygens (including phenoxy) is 1. The Bertz CT molecular complexity index is 1210. The molecule has 1 unspecified atom stereocenters. The highest BCUT2D eigenvalue weighted by molar-refractivity contribution is 5.96. The van der Waals surface area contributed by atoms with Crippen LogP contribution in [0, 0.1) is 17.2 Å². The molecule has 3 N–H and O–H groups in total. The molecule has 3 aromatic rings. The number of nitriles is 1. The lowest BCUT2D eigenvalue weighted by Crippen LogP contribution is -2.32. The van der Waals surface area contributed by atoms with Crippen molar-refractivity contribution in [1.82, 2.24) is 15.1 Å². The topological polar surface area (TPSA) is 106 Å². The van der Waals surface area contributed by atoms with E-state index < -0.39 is 18.1 Å². The van der Waals surface area contributed by atoms with Crippen LogP contribution in [0.25, 0.3) is 11.3 Å². The number of benzene rings is 2. The SMILES string of the molecule is COc1ccccc1C(=O)NCc1ccc(-c2nn(C(C(C)C)C(F)(F)F)c(N)c2C#N)cc1. The number of aromatic nitrogens is 2. The number of nitrogens with zero attached hydrogens (tertiary/aromatic N) is 3. The van der Waals surface area contributed by atoms with Gasteiger partial charge in [-0.3, -0.25) is 4.79 Å². The number of rotatable bonds is 7. The van der Waals surface area contributed by atoms with Gasteiger partial charge in [0.05, 0.1) is 12.7 Å². The zero-order chi connectivity index (χ0) is 25.0. The third-order valence-electron chi connectivity index (χ3n) is 5.32. The number of nitrogens with two attached hydrogens (primary N) is 1. The predicted molar refractivity (Wildman–Crippen MR) is 121 cm³/mol. The molecular weight excluding hydrogens is 447 g/mol. The predicted octanol–water partition coefficient (Wildman–Crippen LogP) is 4.70. The van der Waals surface area contributed by atoms with E-state index in [2.05, 4.69) is 10.4 Å². The van der Waals surface area contributed by atoms with Gasteiger partial charge in [0.2, 0.25) is 0 Å². The number of carbonyl (C=O) groups is 1. The largest absolute Gasteiger partial charge is 0.496 e. The highest BCUT2D eigenvalue weighted by Gasteiger charge is 2.45. The van der Waals surface area contributed by atoms with E-state index in [0.29, 0.717) is 21.6 Å². The number of anilines is 1. The summed E-state index contributed by atoms with van der Waals surface area (Å²) in [7, 11) is 1.48. The molecule has 0 bridgehead atoms. The van der Waals surface area contributed by atoms with E-state index in [4.69, 9.17) is 10.5 Å². The summed E-state index contributed by atoms with van der Waals surface area (Å²) in [6.07, 6.45) is -4.58. The summed E-state index contributed by atoms with van der Waals surface area (Å²) in [5.74, 6) is -1.03. The molecule has 1 aromatic heterocycles. The number of hydrogen-bond donors (Lipinski definition) is 2. The van der Waals surface area contributed by atoms with Crippen molar-refractivity contribution in [3.8, 4) is 23.1 Å². The lowest BCUT2D eigenvalue weighted by Gasteiger charge is -2.25. The zero-order valence-corrected chi connectivity index (χ0v) is 18.8. The molecule has 7 nitrogen and oxygen atoms in total. The van der Waals surface area contributed by atoms with Crippen molar-refractivity contribution in [2.45, 2.75) is 32.6 Å². The average Bonchev–Trinajstić information content (AvgIpc) is 3.12. The first-order valence-electron chi connectivity index (χ1n) is 10.4. The van der Waals surface area contributed by atoms with Crippen molar-refractivity contribution in [2.24, 2.45) is 5.92 Å². The number of para-hydroxylation sites is 1. The van der Waals surface area contributed by atoms with Gasteiger partial charge in [-0.15, -0.1) is 0 Å². The minimum atomic E-state index is -4.58. The van der Waals surface area contributed by atoms with Gasteiger partial charge in [0.25, 0.3) is 5.91 Å². The summed E-state index contributed by atoms with van der Waals surface area (Å²) in [6, 6.07) is 13.4. The number of nitrogen functional groups attached to an aromatic ring is 1. The minimum absolute atomic E-state index is 0.0690. The van der Waals surface area contributed by atoms with Crippen molar-refractivity contribution in [1.29, 1.82) is 5.26 Å². The Morgan fingerprint density at radius 3 is 2.41 bits per heavy atom. The fourth-order valence-corrected chi connectivity index (χ4v) is 3.66. The van der Waals surface area contributed by atoms with Crippen LogP contribution in [0.3, 0.4) is 0 Å². The van der Waals surface area contributed by atoms with Crippen LogP contribution in [0.1, 0.15) is 41.4 Å². The Hall–Kier alpha value is -4.00. The molecule has 0 aliphatic carbocycles. The van der Waals surface area contributed by atoms with E-state index in [0.717, 1.165) is 5.56 Å². The lowest BCUT2D eigenvalue weighted by atomic mass is 10.0. The molecule has 0 fully saturated rings. The number of nitrogens with one attached hydrogen (secondary N) is 1. The summed E-state index contributed by atoms with van der Waals surface area (Å²) in [4.78, 5) is 12.5. The Balaban J connectivity index is 1.83. The monoisotopic (exact) mass is 471 g/mol. The van der Waals surface area contributed by atoms with E-state index in [1.165, 1.54) is 21.0 Å². The molecular formula is C24H24F3N5O2. The molecule has 0 aliphatic rings. The maximum atomic E-state index is 13.6. The lowest BCUT2D eigenvalue weighted by molar-refractivity contribution is -0.180. The summed E-state index contributed by atoms with van der Waals surface area (Å²) in [5.41, 5.74) is 7.42. The molecule has 0 saturated carbocycles. The molecule has 1 heterocycles. The van der Waals surface area contributed by atoms with Crippen LogP contribution in [-0.4, -0.2) is 29.0 Å².